The largest absolute Gasteiger partial charge is 0.492 e. The summed E-state index contributed by atoms with van der Waals surface area (Å²) in [5.41, 5.74) is 22.7. The summed E-state index contributed by atoms with van der Waals surface area (Å²) in [6.45, 7) is 5.11. The van der Waals surface area contributed by atoms with Crippen molar-refractivity contribution in [1.82, 2.24) is 10.2 Å². The number of likely N-dealkylation sites (N-methyl/N-ethyl adjacent to an activating group) is 1. The summed E-state index contributed by atoms with van der Waals surface area (Å²) in [5, 5.41) is 12.3. The SMILES string of the molecule is CCCCCCCc1ccc(C(=O)C[C@@H](CCN)C(=O)N(C)[C@@H]2C(=O)C[C@@H](C3CC3)C(=O)N[C@H](C(=O)CCC#N)Cc3ccc(OCCN)c(c3)-c3cc2ccc3OCCN)c(C)c1. The molecule has 13 nitrogen and oxygen atoms in total. The fourth-order valence-corrected chi connectivity index (χ4v) is 8.86. The number of rotatable bonds is 23. The molecule has 2 aliphatic rings. The molecule has 0 aromatic heterocycles. The standard InChI is InChI=1S/C51H68N6O7/c1-4-5-6-7-8-10-34-12-17-39(33(2)27-34)45(59)31-38(20-22-53)51(62)57(3)49-37-16-19-48(64-26-24-55)42(30-37)41-28-35(13-18-47(41)63-25-23-54)29-43(44(58)11-9-21-52)56-50(61)40(32-46(49)60)36-14-15-36/h12-13,16-19,27-28,30,36,38,40,43,49H,4-11,14-15,20,22-26,29,31-32,53-55H2,1-3H3,(H,56,61)/t38-,40+,43+,49+/m1/s1. The van der Waals surface area contributed by atoms with Crippen molar-refractivity contribution in [3.8, 4) is 28.7 Å². The molecule has 1 fully saturated rings. The van der Waals surface area contributed by atoms with Crippen molar-refractivity contribution >= 4 is 29.2 Å². The summed E-state index contributed by atoms with van der Waals surface area (Å²) >= 11 is 0. The second kappa shape index (κ2) is 24.6. The van der Waals surface area contributed by atoms with Crippen LogP contribution >= 0.6 is 0 Å². The van der Waals surface area contributed by atoms with Crippen LogP contribution < -0.4 is 32.0 Å². The Bertz CT molecular complexity index is 2150. The molecule has 13 heteroatoms. The van der Waals surface area contributed by atoms with Gasteiger partial charge in [-0.2, -0.15) is 5.26 Å². The minimum atomic E-state index is -1.18. The summed E-state index contributed by atoms with van der Waals surface area (Å²) in [6.07, 6.45) is 8.28. The lowest BCUT2D eigenvalue weighted by Gasteiger charge is -2.32. The van der Waals surface area contributed by atoms with Gasteiger partial charge in [0.25, 0.3) is 0 Å². The number of amides is 2. The fourth-order valence-electron chi connectivity index (χ4n) is 8.86. The molecular weight excluding hydrogens is 809 g/mol. The normalized spacial score (nSPS) is 18.0. The van der Waals surface area contributed by atoms with E-state index in [0.717, 1.165) is 31.2 Å². The molecule has 4 bridgehead atoms. The van der Waals surface area contributed by atoms with Gasteiger partial charge >= 0.3 is 0 Å². The third-order valence-corrected chi connectivity index (χ3v) is 12.5. The number of hydrogen-bond donors (Lipinski definition) is 4. The molecule has 3 aromatic rings. The zero-order valence-electron chi connectivity index (χ0n) is 38.0. The Morgan fingerprint density at radius 3 is 2.20 bits per heavy atom. The lowest BCUT2D eigenvalue weighted by atomic mass is 9.86. The van der Waals surface area contributed by atoms with E-state index in [1.54, 1.807) is 31.3 Å². The Kier molecular flexibility index (Phi) is 19.1. The van der Waals surface area contributed by atoms with Crippen molar-refractivity contribution in [2.75, 3.05) is 39.9 Å². The van der Waals surface area contributed by atoms with Crippen LogP contribution in [0.3, 0.4) is 0 Å². The summed E-state index contributed by atoms with van der Waals surface area (Å²) in [5.74, 6) is -2.45. The molecule has 0 spiro atoms. The van der Waals surface area contributed by atoms with Crippen LogP contribution in [0.25, 0.3) is 11.1 Å². The number of benzene rings is 3. The molecule has 0 unspecified atom stereocenters. The quantitative estimate of drug-likeness (QED) is 0.0596. The zero-order chi connectivity index (χ0) is 46.2. The molecule has 7 N–H and O–H groups in total. The minimum Gasteiger partial charge on any atom is -0.492 e. The summed E-state index contributed by atoms with van der Waals surface area (Å²) in [6, 6.07) is 16.5. The van der Waals surface area contributed by atoms with Crippen molar-refractivity contribution in [3.63, 3.8) is 0 Å². The molecule has 5 rings (SSSR count). The highest BCUT2D eigenvalue weighted by Gasteiger charge is 2.42. The highest BCUT2D eigenvalue weighted by molar-refractivity contribution is 6.01. The third kappa shape index (κ3) is 13.3. The van der Waals surface area contributed by atoms with Gasteiger partial charge in [-0.3, -0.25) is 24.0 Å². The van der Waals surface area contributed by atoms with E-state index in [-0.39, 0.29) is 94.6 Å². The van der Waals surface area contributed by atoms with Gasteiger partial charge in [0.1, 0.15) is 30.8 Å². The van der Waals surface area contributed by atoms with Crippen LogP contribution in [0.2, 0.25) is 0 Å². The molecular formula is C51H68N6O7. The molecule has 1 saturated carbocycles. The third-order valence-electron chi connectivity index (χ3n) is 12.5. The number of ether oxygens (including phenoxy) is 2. The number of unbranched alkanes of at least 4 members (excludes halogenated alkanes) is 4. The van der Waals surface area contributed by atoms with Gasteiger partial charge in [-0.05, 0) is 104 Å². The van der Waals surface area contributed by atoms with Gasteiger partial charge in [-0.25, -0.2) is 0 Å². The maximum atomic E-state index is 15.0. The van der Waals surface area contributed by atoms with E-state index < -0.39 is 35.7 Å². The first-order chi connectivity index (χ1) is 30.9. The Morgan fingerprint density at radius 1 is 0.875 bits per heavy atom. The van der Waals surface area contributed by atoms with Gasteiger partial charge in [0, 0.05) is 74.3 Å². The maximum Gasteiger partial charge on any atom is 0.226 e. The predicted octanol–water partition coefficient (Wildman–Crippen LogP) is 6.49. The first kappa shape index (κ1) is 49.6. The Balaban J connectivity index is 1.57. The van der Waals surface area contributed by atoms with Gasteiger partial charge in [0.2, 0.25) is 11.8 Å². The van der Waals surface area contributed by atoms with Crippen LogP contribution in [0.1, 0.15) is 123 Å². The van der Waals surface area contributed by atoms with Crippen LogP contribution in [0.15, 0.2) is 54.6 Å². The summed E-state index contributed by atoms with van der Waals surface area (Å²) in [7, 11) is 1.56. The summed E-state index contributed by atoms with van der Waals surface area (Å²) < 4.78 is 12.3. The second-order valence-electron chi connectivity index (χ2n) is 17.4. The average Bonchev–Trinajstić information content (AvgIpc) is 4.13. The summed E-state index contributed by atoms with van der Waals surface area (Å²) in [4.78, 5) is 73.1. The second-order valence-corrected chi connectivity index (χ2v) is 17.4. The van der Waals surface area contributed by atoms with Crippen molar-refractivity contribution in [3.05, 3.63) is 82.4 Å². The number of nitriles is 1. The van der Waals surface area contributed by atoms with Crippen molar-refractivity contribution < 1.29 is 33.4 Å². The first-order valence-electron chi connectivity index (χ1n) is 23.2. The smallest absolute Gasteiger partial charge is 0.226 e. The highest BCUT2D eigenvalue weighted by atomic mass is 16.5. The minimum absolute atomic E-state index is 0.00851. The molecule has 3 aromatic carbocycles. The highest BCUT2D eigenvalue weighted by Crippen LogP contribution is 2.43. The number of carbonyl (C=O) groups is 5. The van der Waals surface area contributed by atoms with E-state index in [1.165, 1.54) is 36.1 Å². The number of ketones is 3. The number of nitrogens with one attached hydrogen (secondary N) is 1. The van der Waals surface area contributed by atoms with E-state index >= 15 is 0 Å². The number of nitrogens with two attached hydrogens (primary N) is 3. The number of hydrogen-bond acceptors (Lipinski definition) is 11. The maximum absolute atomic E-state index is 15.0. The Morgan fingerprint density at radius 2 is 1.56 bits per heavy atom. The van der Waals surface area contributed by atoms with E-state index in [4.69, 9.17) is 26.7 Å². The lowest BCUT2D eigenvalue weighted by molar-refractivity contribution is -0.142. The molecule has 4 atom stereocenters. The van der Waals surface area contributed by atoms with Crippen LogP contribution in [-0.4, -0.2) is 80.0 Å². The molecule has 344 valence electrons. The van der Waals surface area contributed by atoms with Gasteiger partial charge in [0.15, 0.2) is 17.3 Å². The number of carbonyl (C=O) groups excluding carboxylic acids is 5. The van der Waals surface area contributed by atoms with Crippen molar-refractivity contribution in [2.24, 2.45) is 35.0 Å². The van der Waals surface area contributed by atoms with Gasteiger partial charge in [-0.1, -0.05) is 62.9 Å². The van der Waals surface area contributed by atoms with Crippen molar-refractivity contribution in [2.45, 2.75) is 116 Å². The molecule has 1 aliphatic heterocycles. The topological polar surface area (TPSA) is 221 Å². The first-order valence-corrected chi connectivity index (χ1v) is 23.2. The van der Waals surface area contributed by atoms with E-state index in [9.17, 15) is 29.2 Å². The fraction of sp³-hybridized carbons (Fsp3) is 0.529. The number of aryl methyl sites for hydroxylation is 2. The monoisotopic (exact) mass is 877 g/mol. The molecule has 2 amide bonds. The van der Waals surface area contributed by atoms with Crippen molar-refractivity contribution in [1.29, 1.82) is 5.26 Å². The molecule has 1 heterocycles. The number of nitrogens with zero attached hydrogens (tertiary/aromatic N) is 2. The van der Waals surface area contributed by atoms with Crippen LogP contribution in [-0.2, 0) is 32.0 Å². The molecule has 64 heavy (non-hydrogen) atoms. The van der Waals surface area contributed by atoms with E-state index in [2.05, 4.69) is 18.3 Å². The van der Waals surface area contributed by atoms with Gasteiger partial charge in [-0.15, -0.1) is 0 Å². The van der Waals surface area contributed by atoms with E-state index in [0.29, 0.717) is 39.3 Å². The van der Waals surface area contributed by atoms with Crippen LogP contribution in [0, 0.1) is 36.0 Å². The predicted molar refractivity (Wildman–Crippen MR) is 248 cm³/mol. The lowest BCUT2D eigenvalue weighted by Crippen LogP contribution is -2.47. The Labute approximate surface area is 378 Å². The molecule has 1 aliphatic carbocycles. The van der Waals surface area contributed by atoms with Crippen LogP contribution in [0.4, 0.5) is 0 Å². The number of fused-ring (bicyclic) bond motifs is 5. The zero-order valence-corrected chi connectivity index (χ0v) is 38.0. The molecule has 0 saturated heterocycles. The van der Waals surface area contributed by atoms with Gasteiger partial charge in [0.05, 0.1) is 12.1 Å². The van der Waals surface area contributed by atoms with E-state index in [1.807, 2.05) is 37.3 Å². The Hall–Kier alpha value is -5.42. The van der Waals surface area contributed by atoms with Gasteiger partial charge < -0.3 is 36.9 Å². The molecule has 0 radical (unpaired) electrons. The average molecular weight is 877 g/mol. The number of Topliss-reactive ketones (excluding diaryl/α,β-unsaturated/α-hetero) is 3. The van der Waals surface area contributed by atoms with Crippen LogP contribution in [0.5, 0.6) is 11.5 Å².